The van der Waals surface area contributed by atoms with Gasteiger partial charge in [0, 0.05) is 45.2 Å². The lowest BCUT2D eigenvalue weighted by Gasteiger charge is -2.34. The van der Waals surface area contributed by atoms with E-state index in [4.69, 9.17) is 0 Å². The van der Waals surface area contributed by atoms with Gasteiger partial charge in [-0.1, -0.05) is 37.0 Å². The van der Waals surface area contributed by atoms with Gasteiger partial charge in [0.05, 0.1) is 4.90 Å². The first-order chi connectivity index (χ1) is 13.0. The van der Waals surface area contributed by atoms with Crippen LogP contribution in [0.2, 0.25) is 0 Å². The summed E-state index contributed by atoms with van der Waals surface area (Å²) in [4.78, 5) is 14.8. The molecule has 3 rings (SSSR count). The summed E-state index contributed by atoms with van der Waals surface area (Å²) in [6.07, 6.45) is 5.60. The molecular weight excluding hydrogens is 398 g/mol. The quantitative estimate of drug-likeness (QED) is 0.753. The average molecular weight is 430 g/mol. The predicted molar refractivity (Wildman–Crippen MR) is 113 cm³/mol. The molecule has 0 bridgehead atoms. The normalized spacial score (nSPS) is 19.8. The highest BCUT2D eigenvalue weighted by molar-refractivity contribution is 7.89. The van der Waals surface area contributed by atoms with Gasteiger partial charge in [-0.2, -0.15) is 4.31 Å². The van der Waals surface area contributed by atoms with E-state index in [1.54, 1.807) is 16.4 Å². The van der Waals surface area contributed by atoms with Crippen molar-refractivity contribution in [3.05, 3.63) is 29.8 Å². The van der Waals surface area contributed by atoms with Crippen LogP contribution in [-0.4, -0.2) is 62.8 Å². The van der Waals surface area contributed by atoms with Gasteiger partial charge in [0.25, 0.3) is 0 Å². The molecule has 1 N–H and O–H groups in total. The summed E-state index contributed by atoms with van der Waals surface area (Å²) in [5.41, 5.74) is 1.05. The highest BCUT2D eigenvalue weighted by Gasteiger charge is 2.28. The third kappa shape index (κ3) is 5.92. The summed E-state index contributed by atoms with van der Waals surface area (Å²) < 4.78 is 27.0. The lowest BCUT2D eigenvalue weighted by Crippen LogP contribution is -2.50. The number of amides is 1. The Morgan fingerprint density at radius 1 is 1.04 bits per heavy atom. The number of halogens is 1. The van der Waals surface area contributed by atoms with Crippen LogP contribution < -0.4 is 5.32 Å². The molecule has 2 aliphatic rings. The molecule has 1 amide bonds. The first kappa shape index (κ1) is 23.1. The van der Waals surface area contributed by atoms with E-state index in [1.807, 2.05) is 19.1 Å². The van der Waals surface area contributed by atoms with Gasteiger partial charge >= 0.3 is 0 Å². The Bertz CT molecular complexity index is 726. The Kier molecular flexibility index (Phi) is 8.74. The second kappa shape index (κ2) is 10.6. The molecule has 8 heteroatoms. The highest BCUT2D eigenvalue weighted by atomic mass is 35.5. The molecule has 0 radical (unpaired) electrons. The molecule has 1 aliphatic carbocycles. The zero-order valence-corrected chi connectivity index (χ0v) is 18.2. The monoisotopic (exact) mass is 429 g/mol. The van der Waals surface area contributed by atoms with E-state index in [9.17, 15) is 13.2 Å². The van der Waals surface area contributed by atoms with Crippen molar-refractivity contribution in [1.82, 2.24) is 14.5 Å². The number of piperazine rings is 1. The molecule has 1 aliphatic heterocycles. The molecule has 0 spiro atoms. The van der Waals surface area contributed by atoms with Crippen LogP contribution in [0.25, 0.3) is 0 Å². The van der Waals surface area contributed by atoms with Crippen molar-refractivity contribution in [2.24, 2.45) is 5.92 Å². The van der Waals surface area contributed by atoms with E-state index in [2.05, 4.69) is 10.2 Å². The summed E-state index contributed by atoms with van der Waals surface area (Å²) in [7, 11) is -3.41. The van der Waals surface area contributed by atoms with Crippen LogP contribution in [0.1, 0.15) is 37.7 Å². The van der Waals surface area contributed by atoms with Gasteiger partial charge in [0.15, 0.2) is 0 Å². The van der Waals surface area contributed by atoms with Gasteiger partial charge < -0.3 is 5.32 Å². The van der Waals surface area contributed by atoms with Gasteiger partial charge in [0.1, 0.15) is 0 Å². The van der Waals surface area contributed by atoms with Crippen molar-refractivity contribution < 1.29 is 13.2 Å². The number of nitrogens with zero attached hydrogens (tertiary/aromatic N) is 2. The lowest BCUT2D eigenvalue weighted by atomic mass is 9.89. The van der Waals surface area contributed by atoms with E-state index < -0.39 is 10.0 Å². The van der Waals surface area contributed by atoms with Crippen molar-refractivity contribution in [3.8, 4) is 0 Å². The summed E-state index contributed by atoms with van der Waals surface area (Å²) in [6.45, 7) is 5.74. The minimum absolute atomic E-state index is 0. The molecule has 1 heterocycles. The zero-order chi connectivity index (χ0) is 19.3. The fourth-order valence-electron chi connectivity index (χ4n) is 3.90. The molecule has 0 atom stereocenters. The third-order valence-corrected chi connectivity index (χ3v) is 7.61. The van der Waals surface area contributed by atoms with Crippen LogP contribution in [0.3, 0.4) is 0 Å². The Morgan fingerprint density at radius 2 is 1.64 bits per heavy atom. The van der Waals surface area contributed by atoms with Crippen molar-refractivity contribution in [3.63, 3.8) is 0 Å². The molecule has 1 aromatic rings. The van der Waals surface area contributed by atoms with Gasteiger partial charge in [0.2, 0.25) is 15.9 Å². The fourth-order valence-corrected chi connectivity index (χ4v) is 5.32. The van der Waals surface area contributed by atoms with Crippen LogP contribution in [-0.2, 0) is 14.8 Å². The number of benzene rings is 1. The molecule has 158 valence electrons. The third-order valence-electron chi connectivity index (χ3n) is 5.69. The Morgan fingerprint density at radius 3 is 2.25 bits per heavy atom. The van der Waals surface area contributed by atoms with E-state index in [0.29, 0.717) is 37.6 Å². The van der Waals surface area contributed by atoms with Crippen LogP contribution in [0.4, 0.5) is 0 Å². The molecule has 2 fully saturated rings. The van der Waals surface area contributed by atoms with Gasteiger partial charge in [-0.05, 0) is 31.9 Å². The van der Waals surface area contributed by atoms with Crippen LogP contribution in [0.5, 0.6) is 0 Å². The topological polar surface area (TPSA) is 69.7 Å². The predicted octanol–water partition coefficient (Wildman–Crippen LogP) is 2.42. The number of carbonyl (C=O) groups is 1. The summed E-state index contributed by atoms with van der Waals surface area (Å²) in [6, 6.07) is 7.02. The zero-order valence-electron chi connectivity index (χ0n) is 16.6. The highest BCUT2D eigenvalue weighted by Crippen LogP contribution is 2.23. The van der Waals surface area contributed by atoms with Gasteiger partial charge in [-0.25, -0.2) is 8.42 Å². The van der Waals surface area contributed by atoms with Crippen molar-refractivity contribution in [1.29, 1.82) is 0 Å². The number of nitrogens with one attached hydrogen (secondary N) is 1. The standard InChI is InChI=1S/C20H31N3O3S.ClH/c1-17-7-9-19(10-8-17)27(25,26)23-15-13-22(14-16-23)12-11-21-20(24)18-5-3-2-4-6-18;/h7-10,18H,2-6,11-16H2,1H3,(H,21,24);1H. The molecule has 28 heavy (non-hydrogen) atoms. The number of rotatable bonds is 6. The SMILES string of the molecule is Cc1ccc(S(=O)(=O)N2CCN(CCNC(=O)C3CCCCC3)CC2)cc1.Cl. The molecule has 0 aromatic heterocycles. The van der Waals surface area contributed by atoms with Crippen LogP contribution in [0.15, 0.2) is 29.2 Å². The Balaban J connectivity index is 0.00000280. The summed E-state index contributed by atoms with van der Waals surface area (Å²) in [5.74, 6) is 0.380. The minimum atomic E-state index is -3.41. The van der Waals surface area contributed by atoms with Gasteiger partial charge in [-0.15, -0.1) is 12.4 Å². The number of sulfonamides is 1. The largest absolute Gasteiger partial charge is 0.355 e. The maximum atomic E-state index is 12.7. The van der Waals surface area contributed by atoms with E-state index in [1.165, 1.54) is 6.42 Å². The van der Waals surface area contributed by atoms with E-state index >= 15 is 0 Å². The maximum absolute atomic E-state index is 12.7. The molecule has 1 saturated heterocycles. The Labute approximate surface area is 175 Å². The molecular formula is C20H32ClN3O3S. The number of hydrogen-bond acceptors (Lipinski definition) is 4. The van der Waals surface area contributed by atoms with E-state index in [0.717, 1.165) is 37.8 Å². The average Bonchev–Trinajstić information content (AvgIpc) is 2.69. The molecule has 6 nitrogen and oxygen atoms in total. The van der Waals surface area contributed by atoms with Crippen LogP contribution >= 0.6 is 12.4 Å². The van der Waals surface area contributed by atoms with Gasteiger partial charge in [-0.3, -0.25) is 9.69 Å². The number of carbonyl (C=O) groups excluding carboxylic acids is 1. The van der Waals surface area contributed by atoms with Crippen molar-refractivity contribution in [2.45, 2.75) is 43.9 Å². The first-order valence-corrected chi connectivity index (χ1v) is 11.5. The molecule has 0 unspecified atom stereocenters. The Hall–Kier alpha value is -1.15. The second-order valence-electron chi connectivity index (χ2n) is 7.68. The molecule has 1 aromatic carbocycles. The van der Waals surface area contributed by atoms with Crippen LogP contribution in [0, 0.1) is 12.8 Å². The lowest BCUT2D eigenvalue weighted by molar-refractivity contribution is -0.125. The summed E-state index contributed by atoms with van der Waals surface area (Å²) in [5, 5.41) is 3.06. The minimum Gasteiger partial charge on any atom is -0.355 e. The molecule has 1 saturated carbocycles. The first-order valence-electron chi connectivity index (χ1n) is 10.0. The van der Waals surface area contributed by atoms with E-state index in [-0.39, 0.29) is 24.2 Å². The number of hydrogen-bond donors (Lipinski definition) is 1. The smallest absolute Gasteiger partial charge is 0.243 e. The fraction of sp³-hybridized carbons (Fsp3) is 0.650. The second-order valence-corrected chi connectivity index (χ2v) is 9.62. The van der Waals surface area contributed by atoms with Crippen molar-refractivity contribution >= 4 is 28.3 Å². The summed E-state index contributed by atoms with van der Waals surface area (Å²) >= 11 is 0. The number of aryl methyl sites for hydroxylation is 1. The van der Waals surface area contributed by atoms with Crippen molar-refractivity contribution in [2.75, 3.05) is 39.3 Å². The maximum Gasteiger partial charge on any atom is 0.243 e.